The molecule has 1 N–H and O–H groups in total. The zero-order valence-electron chi connectivity index (χ0n) is 16.6. The molecule has 0 saturated heterocycles. The molecule has 0 aliphatic rings. The van der Waals surface area contributed by atoms with Gasteiger partial charge < -0.3 is 14.5 Å². The number of ether oxygens (including phenoxy) is 1. The predicted molar refractivity (Wildman–Crippen MR) is 127 cm³/mol. The Morgan fingerprint density at radius 2 is 1.94 bits per heavy atom. The molecule has 0 atom stereocenters. The van der Waals surface area contributed by atoms with Crippen LogP contribution in [0.25, 0.3) is 22.6 Å². The number of fused-ring (bicyclic) bond motifs is 1. The Morgan fingerprint density at radius 1 is 1.13 bits per heavy atom. The molecule has 0 fully saturated rings. The molecule has 0 saturated carbocycles. The van der Waals surface area contributed by atoms with E-state index in [4.69, 9.17) is 32.4 Å². The van der Waals surface area contributed by atoms with Crippen molar-refractivity contribution in [2.45, 2.75) is 13.8 Å². The first-order valence-corrected chi connectivity index (χ1v) is 10.9. The van der Waals surface area contributed by atoms with E-state index in [2.05, 4.69) is 26.2 Å². The molecule has 3 aromatic carbocycles. The molecule has 0 spiro atoms. The monoisotopic (exact) mass is 518 g/mol. The van der Waals surface area contributed by atoms with Gasteiger partial charge in [0.2, 0.25) is 5.89 Å². The van der Waals surface area contributed by atoms with Gasteiger partial charge in [-0.25, -0.2) is 4.98 Å². The van der Waals surface area contributed by atoms with Gasteiger partial charge in [-0.1, -0.05) is 29.3 Å². The van der Waals surface area contributed by atoms with Crippen molar-refractivity contribution in [3.05, 3.63) is 74.2 Å². The first-order valence-electron chi connectivity index (χ1n) is 9.35. The van der Waals surface area contributed by atoms with E-state index in [0.717, 1.165) is 15.6 Å². The Bertz CT molecular complexity index is 1280. The van der Waals surface area contributed by atoms with Crippen LogP contribution in [-0.4, -0.2) is 17.5 Å². The lowest BCUT2D eigenvalue weighted by Crippen LogP contribution is -2.20. The zero-order chi connectivity index (χ0) is 22.1. The van der Waals surface area contributed by atoms with Crippen LogP contribution in [0.2, 0.25) is 10.0 Å². The van der Waals surface area contributed by atoms with Crippen molar-refractivity contribution in [1.82, 2.24) is 4.98 Å². The molecule has 31 heavy (non-hydrogen) atoms. The number of carbonyl (C=O) groups is 1. The number of rotatable bonds is 5. The summed E-state index contributed by atoms with van der Waals surface area (Å²) in [6.07, 6.45) is 0. The molecule has 1 aromatic heterocycles. The Kier molecular flexibility index (Phi) is 6.23. The van der Waals surface area contributed by atoms with Gasteiger partial charge in [0.15, 0.2) is 12.2 Å². The van der Waals surface area contributed by atoms with Gasteiger partial charge >= 0.3 is 0 Å². The maximum absolute atomic E-state index is 12.4. The third-order valence-electron chi connectivity index (χ3n) is 4.55. The van der Waals surface area contributed by atoms with Gasteiger partial charge in [0, 0.05) is 10.7 Å². The molecule has 0 aliphatic carbocycles. The molecule has 5 nitrogen and oxygen atoms in total. The van der Waals surface area contributed by atoms with E-state index in [1.54, 1.807) is 36.4 Å². The summed E-state index contributed by atoms with van der Waals surface area (Å²) < 4.78 is 12.3. The van der Waals surface area contributed by atoms with Crippen molar-refractivity contribution in [3.63, 3.8) is 0 Å². The minimum Gasteiger partial charge on any atom is -0.482 e. The van der Waals surface area contributed by atoms with E-state index in [9.17, 15) is 4.79 Å². The third kappa shape index (κ3) is 4.87. The minimum absolute atomic E-state index is 0.122. The van der Waals surface area contributed by atoms with E-state index < -0.39 is 0 Å². The second kappa shape index (κ2) is 8.91. The lowest BCUT2D eigenvalue weighted by atomic mass is 10.1. The highest BCUT2D eigenvalue weighted by Gasteiger charge is 2.14. The molecule has 158 valence electrons. The Labute approximate surface area is 197 Å². The first kappa shape index (κ1) is 21.7. The van der Waals surface area contributed by atoms with Crippen LogP contribution in [0.15, 0.2) is 57.4 Å². The number of nitrogens with zero attached hydrogens (tertiary/aromatic N) is 1. The van der Waals surface area contributed by atoms with Crippen molar-refractivity contribution in [3.8, 4) is 17.2 Å². The standard InChI is InChI=1S/C23H17BrCl2N2O3/c1-12-7-13(2)22(17(24)8-12)30-11-21(29)27-15-4-6-20-19(10-15)28-23(31-20)16-9-14(25)3-5-18(16)26/h3-10H,11H2,1-2H3,(H,27,29). The Morgan fingerprint density at radius 3 is 2.71 bits per heavy atom. The lowest BCUT2D eigenvalue weighted by Gasteiger charge is -2.12. The summed E-state index contributed by atoms with van der Waals surface area (Å²) in [6.45, 7) is 3.82. The largest absolute Gasteiger partial charge is 0.482 e. The summed E-state index contributed by atoms with van der Waals surface area (Å²) in [4.78, 5) is 16.9. The molecular formula is C23H17BrCl2N2O3. The number of benzene rings is 3. The second-order valence-electron chi connectivity index (χ2n) is 7.06. The quantitative estimate of drug-likeness (QED) is 0.303. The van der Waals surface area contributed by atoms with E-state index >= 15 is 0 Å². The van der Waals surface area contributed by atoms with Gasteiger partial charge in [0.25, 0.3) is 5.91 Å². The smallest absolute Gasteiger partial charge is 0.262 e. The van der Waals surface area contributed by atoms with Gasteiger partial charge in [-0.15, -0.1) is 0 Å². The van der Waals surface area contributed by atoms with Crippen LogP contribution in [0.5, 0.6) is 5.75 Å². The van der Waals surface area contributed by atoms with Gasteiger partial charge in [-0.05, 0) is 83.4 Å². The van der Waals surface area contributed by atoms with E-state index in [-0.39, 0.29) is 12.5 Å². The fourth-order valence-corrected chi connectivity index (χ4v) is 4.36. The highest BCUT2D eigenvalue weighted by atomic mass is 79.9. The fourth-order valence-electron chi connectivity index (χ4n) is 3.20. The van der Waals surface area contributed by atoms with Gasteiger partial charge in [0.05, 0.1) is 15.1 Å². The number of halogens is 3. The summed E-state index contributed by atoms with van der Waals surface area (Å²) >= 11 is 15.8. The molecule has 4 aromatic rings. The van der Waals surface area contributed by atoms with Crippen LogP contribution in [-0.2, 0) is 4.79 Å². The van der Waals surface area contributed by atoms with Crippen LogP contribution >= 0.6 is 39.1 Å². The van der Waals surface area contributed by atoms with E-state index in [1.165, 1.54) is 0 Å². The Balaban J connectivity index is 1.49. The number of nitrogens with one attached hydrogen (secondary N) is 1. The predicted octanol–water partition coefficient (Wildman–Crippen LogP) is 7.20. The number of hydrogen-bond acceptors (Lipinski definition) is 4. The normalized spacial score (nSPS) is 11.0. The minimum atomic E-state index is -0.284. The highest BCUT2D eigenvalue weighted by molar-refractivity contribution is 9.10. The third-order valence-corrected chi connectivity index (χ3v) is 5.71. The number of oxazole rings is 1. The van der Waals surface area contributed by atoms with Crippen molar-refractivity contribution in [2.75, 3.05) is 11.9 Å². The molecule has 0 aliphatic heterocycles. The van der Waals surface area contributed by atoms with Crippen molar-refractivity contribution in [1.29, 1.82) is 0 Å². The molecule has 8 heteroatoms. The van der Waals surface area contributed by atoms with E-state index in [1.807, 2.05) is 26.0 Å². The first-order chi connectivity index (χ1) is 14.8. The topological polar surface area (TPSA) is 64.4 Å². The molecule has 0 radical (unpaired) electrons. The number of hydrogen-bond donors (Lipinski definition) is 1. The van der Waals surface area contributed by atoms with Crippen LogP contribution in [0.4, 0.5) is 5.69 Å². The summed E-state index contributed by atoms with van der Waals surface area (Å²) in [5.41, 5.74) is 4.40. The maximum Gasteiger partial charge on any atom is 0.262 e. The molecule has 0 unspecified atom stereocenters. The summed E-state index contributed by atoms with van der Waals surface area (Å²) in [7, 11) is 0. The highest BCUT2D eigenvalue weighted by Crippen LogP contribution is 2.33. The fraction of sp³-hybridized carbons (Fsp3) is 0.130. The van der Waals surface area contributed by atoms with Crippen LogP contribution in [0, 0.1) is 13.8 Å². The number of amides is 1. The van der Waals surface area contributed by atoms with Gasteiger partial charge in [-0.2, -0.15) is 0 Å². The van der Waals surface area contributed by atoms with Crippen LogP contribution in [0.1, 0.15) is 11.1 Å². The lowest BCUT2D eigenvalue weighted by molar-refractivity contribution is -0.118. The number of anilines is 1. The van der Waals surface area contributed by atoms with Crippen molar-refractivity contribution >= 4 is 61.8 Å². The van der Waals surface area contributed by atoms with E-state index in [0.29, 0.717) is 44.0 Å². The molecule has 1 heterocycles. The number of aryl methyl sites for hydroxylation is 2. The zero-order valence-corrected chi connectivity index (χ0v) is 19.7. The average molecular weight is 520 g/mol. The van der Waals surface area contributed by atoms with Crippen LogP contribution in [0.3, 0.4) is 0 Å². The number of carbonyl (C=O) groups excluding carboxylic acids is 1. The van der Waals surface area contributed by atoms with Crippen molar-refractivity contribution < 1.29 is 13.9 Å². The second-order valence-corrected chi connectivity index (χ2v) is 8.75. The summed E-state index contributed by atoms with van der Waals surface area (Å²) in [5.74, 6) is 0.720. The van der Waals surface area contributed by atoms with Gasteiger partial charge in [-0.3, -0.25) is 4.79 Å². The molecule has 0 bridgehead atoms. The van der Waals surface area contributed by atoms with Gasteiger partial charge in [0.1, 0.15) is 11.3 Å². The Hall–Kier alpha value is -2.54. The number of aromatic nitrogens is 1. The van der Waals surface area contributed by atoms with Crippen molar-refractivity contribution in [2.24, 2.45) is 0 Å². The molecular weight excluding hydrogens is 503 g/mol. The molecule has 4 rings (SSSR count). The maximum atomic E-state index is 12.4. The molecule has 1 amide bonds. The SMILES string of the molecule is Cc1cc(C)c(OCC(=O)Nc2ccc3oc(-c4cc(Cl)ccc4Cl)nc3c2)c(Br)c1. The average Bonchev–Trinajstić information content (AvgIpc) is 3.12. The van der Waals surface area contributed by atoms with Crippen LogP contribution < -0.4 is 10.1 Å². The summed E-state index contributed by atoms with van der Waals surface area (Å²) in [6, 6.07) is 14.2. The summed E-state index contributed by atoms with van der Waals surface area (Å²) in [5, 5.41) is 3.83.